The summed E-state index contributed by atoms with van der Waals surface area (Å²) in [4.78, 5) is 0. The van der Waals surface area contributed by atoms with Crippen molar-refractivity contribution in [1.29, 1.82) is 0 Å². The molecule has 2 fully saturated rings. The fourth-order valence-electron chi connectivity index (χ4n) is 3.39. The molecule has 82 valence electrons. The molecule has 1 saturated carbocycles. The zero-order valence-corrected chi connectivity index (χ0v) is 9.10. The number of hydrogen-bond donors (Lipinski definition) is 2. The molecule has 0 spiro atoms. The van der Waals surface area contributed by atoms with Crippen molar-refractivity contribution in [3.05, 3.63) is 0 Å². The van der Waals surface area contributed by atoms with Gasteiger partial charge in [-0.05, 0) is 50.1 Å². The first-order valence-electron chi connectivity index (χ1n) is 6.19. The van der Waals surface area contributed by atoms with Gasteiger partial charge in [-0.2, -0.15) is 0 Å². The van der Waals surface area contributed by atoms with Gasteiger partial charge in [0.05, 0.1) is 0 Å². The Morgan fingerprint density at radius 3 is 2.29 bits per heavy atom. The van der Waals surface area contributed by atoms with Crippen molar-refractivity contribution in [3.8, 4) is 0 Å². The monoisotopic (exact) mass is 197 g/mol. The topological polar surface area (TPSA) is 32.3 Å². The molecule has 1 saturated heterocycles. The van der Waals surface area contributed by atoms with Crippen LogP contribution in [0.4, 0.5) is 0 Å². The second-order valence-corrected chi connectivity index (χ2v) is 5.11. The fourth-order valence-corrected chi connectivity index (χ4v) is 3.39. The zero-order valence-electron chi connectivity index (χ0n) is 9.10. The summed E-state index contributed by atoms with van der Waals surface area (Å²) in [6.45, 7) is 2.75. The molecule has 0 aromatic rings. The highest BCUT2D eigenvalue weighted by atomic mass is 16.3. The van der Waals surface area contributed by atoms with Crippen LogP contribution < -0.4 is 5.32 Å². The molecule has 0 aromatic heterocycles. The molecular weight excluding hydrogens is 174 g/mol. The Hall–Kier alpha value is -0.0800. The Bertz CT molecular complexity index is 169. The van der Waals surface area contributed by atoms with Crippen molar-refractivity contribution in [2.45, 2.75) is 44.9 Å². The molecule has 14 heavy (non-hydrogen) atoms. The lowest BCUT2D eigenvalue weighted by Crippen LogP contribution is -2.42. The predicted octanol–water partition coefficient (Wildman–Crippen LogP) is 1.93. The summed E-state index contributed by atoms with van der Waals surface area (Å²) < 4.78 is 0. The van der Waals surface area contributed by atoms with Gasteiger partial charge in [-0.15, -0.1) is 0 Å². The molecule has 0 unspecified atom stereocenters. The maximum absolute atomic E-state index is 9.67. The molecular formula is C12H23NO. The predicted molar refractivity (Wildman–Crippen MR) is 58.2 cm³/mol. The molecule has 0 bridgehead atoms. The van der Waals surface area contributed by atoms with Crippen LogP contribution >= 0.6 is 0 Å². The molecule has 2 heteroatoms. The lowest BCUT2D eigenvalue weighted by atomic mass is 9.63. The highest BCUT2D eigenvalue weighted by Gasteiger charge is 2.39. The van der Waals surface area contributed by atoms with Gasteiger partial charge in [0, 0.05) is 6.61 Å². The molecule has 1 aliphatic heterocycles. The van der Waals surface area contributed by atoms with Gasteiger partial charge in [0.15, 0.2) is 0 Å². The Labute approximate surface area is 87.1 Å². The summed E-state index contributed by atoms with van der Waals surface area (Å²) in [6.07, 6.45) is 9.16. The van der Waals surface area contributed by atoms with Gasteiger partial charge in [-0.3, -0.25) is 0 Å². The molecule has 0 amide bonds. The average molecular weight is 197 g/mol. The highest BCUT2D eigenvalue weighted by molar-refractivity contribution is 4.90. The van der Waals surface area contributed by atoms with E-state index < -0.39 is 0 Å². The van der Waals surface area contributed by atoms with Crippen molar-refractivity contribution < 1.29 is 5.11 Å². The molecule has 2 N–H and O–H groups in total. The van der Waals surface area contributed by atoms with E-state index in [1.165, 1.54) is 44.9 Å². The summed E-state index contributed by atoms with van der Waals surface area (Å²) >= 11 is 0. The van der Waals surface area contributed by atoms with Crippen LogP contribution in [0.3, 0.4) is 0 Å². The molecule has 0 atom stereocenters. The number of aliphatic hydroxyl groups is 1. The molecule has 0 aromatic carbocycles. The van der Waals surface area contributed by atoms with E-state index in [2.05, 4.69) is 5.32 Å². The maximum Gasteiger partial charge on any atom is 0.0490 e. The van der Waals surface area contributed by atoms with Crippen LogP contribution in [-0.4, -0.2) is 24.8 Å². The molecule has 2 aliphatic rings. The van der Waals surface area contributed by atoms with Gasteiger partial charge in [-0.25, -0.2) is 0 Å². The zero-order chi connectivity index (χ0) is 9.86. The standard InChI is InChI=1S/C12H23NO/c14-10-12(6-2-1-3-7-12)11-4-8-13-9-5-11/h11,13-14H,1-10H2. The van der Waals surface area contributed by atoms with Gasteiger partial charge in [-0.1, -0.05) is 19.3 Å². The number of aliphatic hydroxyl groups excluding tert-OH is 1. The summed E-state index contributed by atoms with van der Waals surface area (Å²) in [5.41, 5.74) is 0.306. The van der Waals surface area contributed by atoms with Crippen molar-refractivity contribution in [2.24, 2.45) is 11.3 Å². The number of rotatable bonds is 2. The van der Waals surface area contributed by atoms with Gasteiger partial charge in [0.25, 0.3) is 0 Å². The minimum atomic E-state index is 0.306. The van der Waals surface area contributed by atoms with E-state index in [1.54, 1.807) is 0 Å². The van der Waals surface area contributed by atoms with Crippen LogP contribution in [0.5, 0.6) is 0 Å². The first kappa shape index (κ1) is 10.4. The van der Waals surface area contributed by atoms with E-state index in [9.17, 15) is 5.11 Å². The van der Waals surface area contributed by atoms with Crippen molar-refractivity contribution in [2.75, 3.05) is 19.7 Å². The van der Waals surface area contributed by atoms with E-state index in [4.69, 9.17) is 0 Å². The second-order valence-electron chi connectivity index (χ2n) is 5.11. The molecule has 2 rings (SSSR count). The minimum absolute atomic E-state index is 0.306. The molecule has 2 nitrogen and oxygen atoms in total. The summed E-state index contributed by atoms with van der Waals surface area (Å²) in [5.74, 6) is 0.786. The van der Waals surface area contributed by atoms with Gasteiger partial charge in [0.2, 0.25) is 0 Å². The molecule has 1 heterocycles. The van der Waals surface area contributed by atoms with E-state index >= 15 is 0 Å². The Morgan fingerprint density at radius 1 is 1.07 bits per heavy atom. The van der Waals surface area contributed by atoms with Crippen LogP contribution in [0.2, 0.25) is 0 Å². The van der Waals surface area contributed by atoms with Crippen LogP contribution in [0, 0.1) is 11.3 Å². The van der Waals surface area contributed by atoms with Crippen LogP contribution in [0.1, 0.15) is 44.9 Å². The fraction of sp³-hybridized carbons (Fsp3) is 1.00. The normalized spacial score (nSPS) is 28.9. The highest BCUT2D eigenvalue weighted by Crippen LogP contribution is 2.45. The van der Waals surface area contributed by atoms with E-state index in [0.717, 1.165) is 19.0 Å². The Kier molecular flexibility index (Phi) is 3.45. The largest absolute Gasteiger partial charge is 0.396 e. The van der Waals surface area contributed by atoms with Gasteiger partial charge >= 0.3 is 0 Å². The third-order valence-corrected chi connectivity index (χ3v) is 4.37. The number of hydrogen-bond acceptors (Lipinski definition) is 2. The average Bonchev–Trinajstić information content (AvgIpc) is 2.31. The maximum atomic E-state index is 9.67. The Balaban J connectivity index is 2.01. The van der Waals surface area contributed by atoms with E-state index in [1.807, 2.05) is 0 Å². The first-order valence-corrected chi connectivity index (χ1v) is 6.19. The summed E-state index contributed by atoms with van der Waals surface area (Å²) in [5, 5.41) is 13.1. The lowest BCUT2D eigenvalue weighted by molar-refractivity contribution is 0.00946. The number of piperidine rings is 1. The minimum Gasteiger partial charge on any atom is -0.396 e. The lowest BCUT2D eigenvalue weighted by Gasteiger charge is -2.44. The van der Waals surface area contributed by atoms with E-state index in [0.29, 0.717) is 12.0 Å². The molecule has 1 aliphatic carbocycles. The van der Waals surface area contributed by atoms with Crippen LogP contribution in [-0.2, 0) is 0 Å². The number of nitrogens with one attached hydrogen (secondary N) is 1. The smallest absolute Gasteiger partial charge is 0.0490 e. The summed E-state index contributed by atoms with van der Waals surface area (Å²) in [6, 6.07) is 0. The van der Waals surface area contributed by atoms with Crippen LogP contribution in [0.15, 0.2) is 0 Å². The molecule has 0 radical (unpaired) electrons. The Morgan fingerprint density at radius 2 is 1.71 bits per heavy atom. The van der Waals surface area contributed by atoms with Gasteiger partial charge < -0.3 is 10.4 Å². The van der Waals surface area contributed by atoms with Crippen molar-refractivity contribution in [3.63, 3.8) is 0 Å². The van der Waals surface area contributed by atoms with Gasteiger partial charge in [0.1, 0.15) is 0 Å². The second kappa shape index (κ2) is 4.63. The van der Waals surface area contributed by atoms with Crippen molar-refractivity contribution in [1.82, 2.24) is 5.32 Å². The van der Waals surface area contributed by atoms with Crippen molar-refractivity contribution >= 4 is 0 Å². The SMILES string of the molecule is OCC1(C2CCNCC2)CCCCC1. The van der Waals surface area contributed by atoms with Crippen LogP contribution in [0.25, 0.3) is 0 Å². The van der Waals surface area contributed by atoms with E-state index in [-0.39, 0.29) is 0 Å². The summed E-state index contributed by atoms with van der Waals surface area (Å²) in [7, 11) is 0. The quantitative estimate of drug-likeness (QED) is 0.709. The third-order valence-electron chi connectivity index (χ3n) is 4.37. The first-order chi connectivity index (χ1) is 6.87. The third kappa shape index (κ3) is 1.96.